The Morgan fingerprint density at radius 3 is 2.59 bits per heavy atom. The highest BCUT2D eigenvalue weighted by atomic mass is 19.4. The topological polar surface area (TPSA) is 119 Å². The molecule has 12 heteroatoms. The highest BCUT2D eigenvalue weighted by Crippen LogP contribution is 2.37. The van der Waals surface area contributed by atoms with Crippen LogP contribution in [0.2, 0.25) is 0 Å². The Morgan fingerprint density at radius 2 is 1.94 bits per heavy atom. The summed E-state index contributed by atoms with van der Waals surface area (Å²) in [7, 11) is 0. The molecule has 3 atom stereocenters. The predicted octanol–water partition coefficient (Wildman–Crippen LogP) is 3.26. The lowest BCUT2D eigenvalue weighted by molar-refractivity contribution is -0.137. The van der Waals surface area contributed by atoms with Crippen molar-refractivity contribution in [3.8, 4) is 11.5 Å². The van der Waals surface area contributed by atoms with Crippen LogP contribution in [-0.2, 0) is 10.9 Å². The Hall–Kier alpha value is -3.41. The van der Waals surface area contributed by atoms with Gasteiger partial charge in [-0.15, -0.1) is 0 Å². The number of piperidine rings is 1. The molecule has 0 bridgehead atoms. The second kappa shape index (κ2) is 8.42. The molecule has 0 radical (unpaired) electrons. The van der Waals surface area contributed by atoms with Crippen LogP contribution >= 0.6 is 0 Å². The lowest BCUT2D eigenvalue weighted by Crippen LogP contribution is -2.60. The summed E-state index contributed by atoms with van der Waals surface area (Å²) in [6, 6.07) is 3.49. The van der Waals surface area contributed by atoms with Gasteiger partial charge in [-0.25, -0.2) is 19.7 Å². The lowest BCUT2D eigenvalue weighted by atomic mass is 9.78. The molecule has 4 rings (SSSR count). The van der Waals surface area contributed by atoms with Gasteiger partial charge in [0.1, 0.15) is 23.3 Å². The molecule has 0 aliphatic carbocycles. The van der Waals surface area contributed by atoms with E-state index in [0.717, 1.165) is 12.3 Å². The van der Waals surface area contributed by atoms with Crippen LogP contribution in [0.25, 0.3) is 17.2 Å². The molecule has 0 saturated carbocycles. The SMILES string of the molecule is CC(C)(C)C1[C@@H](OC(N)=O)C[C@H](O)CN1c1ccnc(-c2cnc3ccc(C(F)(F)F)cn23)n1. The summed E-state index contributed by atoms with van der Waals surface area (Å²) in [5.41, 5.74) is 4.62. The van der Waals surface area contributed by atoms with E-state index < -0.39 is 35.5 Å². The Labute approximate surface area is 193 Å². The first-order chi connectivity index (χ1) is 15.8. The number of aromatic nitrogens is 4. The first kappa shape index (κ1) is 23.7. The number of ether oxygens (including phenoxy) is 1. The van der Waals surface area contributed by atoms with E-state index in [-0.39, 0.29) is 30.5 Å². The van der Waals surface area contributed by atoms with Crippen LogP contribution < -0.4 is 10.6 Å². The summed E-state index contributed by atoms with van der Waals surface area (Å²) >= 11 is 0. The Balaban J connectivity index is 1.78. The van der Waals surface area contributed by atoms with E-state index in [4.69, 9.17) is 10.5 Å². The summed E-state index contributed by atoms with van der Waals surface area (Å²) < 4.78 is 46.3. The summed E-state index contributed by atoms with van der Waals surface area (Å²) in [6.45, 7) is 6.10. The Kier molecular flexibility index (Phi) is 5.88. The smallest absolute Gasteiger partial charge is 0.417 e. The minimum atomic E-state index is -4.52. The fourth-order valence-corrected chi connectivity index (χ4v) is 4.48. The standard InChI is InChI=1S/C22H25F3N6O3/c1-21(2,3)18-15(34-20(26)33)8-13(32)11-31(18)17-6-7-27-19(29-17)14-9-28-16-5-4-12(10-30(14)16)22(23,24)25/h4-7,9-10,13,15,18,32H,8,11H2,1-3H3,(H2,26,33)/t13-,15-,18?/m0/s1. The van der Waals surface area contributed by atoms with Gasteiger partial charge in [-0.1, -0.05) is 20.8 Å². The molecule has 4 heterocycles. The van der Waals surface area contributed by atoms with Gasteiger partial charge in [-0.05, 0) is 23.6 Å². The van der Waals surface area contributed by atoms with E-state index in [1.807, 2.05) is 25.7 Å². The van der Waals surface area contributed by atoms with E-state index in [2.05, 4.69) is 15.0 Å². The van der Waals surface area contributed by atoms with Gasteiger partial charge in [0.2, 0.25) is 0 Å². The Bertz CT molecular complexity index is 1210. The molecule has 1 aliphatic heterocycles. The number of β-amino-alcohol motifs (C(OH)–C–C–N with tert-alkyl or cyclic N) is 1. The van der Waals surface area contributed by atoms with Crippen LogP contribution in [0.15, 0.2) is 36.8 Å². The van der Waals surface area contributed by atoms with Gasteiger partial charge < -0.3 is 20.5 Å². The Morgan fingerprint density at radius 1 is 1.21 bits per heavy atom. The van der Waals surface area contributed by atoms with Gasteiger partial charge in [-0.2, -0.15) is 13.2 Å². The average molecular weight is 478 g/mol. The van der Waals surface area contributed by atoms with E-state index in [9.17, 15) is 23.1 Å². The van der Waals surface area contributed by atoms with Crippen LogP contribution in [0.3, 0.4) is 0 Å². The zero-order valence-electron chi connectivity index (χ0n) is 18.8. The highest BCUT2D eigenvalue weighted by Gasteiger charge is 2.45. The van der Waals surface area contributed by atoms with E-state index in [1.54, 1.807) is 6.07 Å². The predicted molar refractivity (Wildman–Crippen MR) is 117 cm³/mol. The average Bonchev–Trinajstić information content (AvgIpc) is 3.14. The number of alkyl halides is 3. The molecule has 3 aromatic rings. The molecule has 1 aliphatic rings. The maximum absolute atomic E-state index is 13.2. The summed E-state index contributed by atoms with van der Waals surface area (Å²) in [4.78, 5) is 26.3. The van der Waals surface area contributed by atoms with Crippen molar-refractivity contribution >= 4 is 17.6 Å². The van der Waals surface area contributed by atoms with Crippen molar-refractivity contribution in [2.45, 2.75) is 51.6 Å². The number of fused-ring (bicyclic) bond motifs is 1. The number of aliphatic hydroxyl groups is 1. The van der Waals surface area contributed by atoms with Gasteiger partial charge in [0.25, 0.3) is 0 Å². The van der Waals surface area contributed by atoms with E-state index in [1.165, 1.54) is 22.9 Å². The molecule has 1 saturated heterocycles. The fourth-order valence-electron chi connectivity index (χ4n) is 4.48. The van der Waals surface area contributed by atoms with Crippen LogP contribution in [0.4, 0.5) is 23.8 Å². The normalized spacial score (nSPS) is 21.6. The van der Waals surface area contributed by atoms with Crippen molar-refractivity contribution < 1.29 is 27.8 Å². The highest BCUT2D eigenvalue weighted by molar-refractivity contribution is 5.65. The number of pyridine rings is 1. The van der Waals surface area contributed by atoms with Gasteiger partial charge >= 0.3 is 12.3 Å². The van der Waals surface area contributed by atoms with Crippen LogP contribution in [0, 0.1) is 5.41 Å². The first-order valence-corrected chi connectivity index (χ1v) is 10.6. The van der Waals surface area contributed by atoms with Gasteiger partial charge in [0.15, 0.2) is 5.82 Å². The number of hydrogen-bond donors (Lipinski definition) is 2. The molecule has 1 fully saturated rings. The maximum atomic E-state index is 13.2. The van der Waals surface area contributed by atoms with E-state index >= 15 is 0 Å². The summed E-state index contributed by atoms with van der Waals surface area (Å²) in [6.07, 6.45) is -2.91. The number of nitrogens with zero attached hydrogens (tertiary/aromatic N) is 5. The van der Waals surface area contributed by atoms with Gasteiger partial charge in [0, 0.05) is 25.4 Å². The van der Waals surface area contributed by atoms with Gasteiger partial charge in [0.05, 0.1) is 23.9 Å². The monoisotopic (exact) mass is 478 g/mol. The van der Waals surface area contributed by atoms with E-state index in [0.29, 0.717) is 11.5 Å². The lowest BCUT2D eigenvalue weighted by Gasteiger charge is -2.49. The summed E-state index contributed by atoms with van der Waals surface area (Å²) in [5.74, 6) is 0.577. The second-order valence-corrected chi connectivity index (χ2v) is 9.35. The number of rotatable bonds is 3. The molecule has 3 N–H and O–H groups in total. The second-order valence-electron chi connectivity index (χ2n) is 9.35. The number of anilines is 1. The molecule has 1 unspecified atom stereocenters. The molecule has 0 spiro atoms. The number of halogens is 3. The van der Waals surface area contributed by atoms with Crippen molar-refractivity contribution in [2.24, 2.45) is 11.1 Å². The molecular weight excluding hydrogens is 453 g/mol. The maximum Gasteiger partial charge on any atom is 0.417 e. The number of imidazole rings is 1. The minimum Gasteiger partial charge on any atom is -0.444 e. The third-order valence-electron chi connectivity index (χ3n) is 5.75. The number of carbonyl (C=O) groups is 1. The number of hydrogen-bond acceptors (Lipinski definition) is 7. The van der Waals surface area contributed by atoms with Crippen molar-refractivity contribution in [1.29, 1.82) is 0 Å². The minimum absolute atomic E-state index is 0.157. The van der Waals surface area contributed by atoms with Crippen LogP contribution in [0.5, 0.6) is 0 Å². The van der Waals surface area contributed by atoms with Crippen LogP contribution in [-0.4, -0.2) is 55.3 Å². The molecular formula is C22H25F3N6O3. The molecule has 1 amide bonds. The number of carbonyl (C=O) groups excluding carboxylic acids is 1. The fraction of sp³-hybridized carbons (Fsp3) is 0.455. The third-order valence-corrected chi connectivity index (χ3v) is 5.75. The largest absolute Gasteiger partial charge is 0.444 e. The molecule has 0 aromatic carbocycles. The van der Waals surface area contributed by atoms with Crippen molar-refractivity contribution in [3.63, 3.8) is 0 Å². The van der Waals surface area contributed by atoms with Crippen molar-refractivity contribution in [1.82, 2.24) is 19.4 Å². The summed E-state index contributed by atoms with van der Waals surface area (Å²) in [5, 5.41) is 10.5. The molecule has 3 aromatic heterocycles. The number of nitrogens with two attached hydrogens (primary N) is 1. The molecule has 182 valence electrons. The van der Waals surface area contributed by atoms with Crippen molar-refractivity contribution in [3.05, 3.63) is 42.4 Å². The molecule has 9 nitrogen and oxygen atoms in total. The zero-order chi connectivity index (χ0) is 24.8. The zero-order valence-corrected chi connectivity index (χ0v) is 18.8. The quantitative estimate of drug-likeness (QED) is 0.593. The third kappa shape index (κ3) is 4.63. The van der Waals surface area contributed by atoms with Crippen LogP contribution in [0.1, 0.15) is 32.8 Å². The number of amides is 1. The number of primary amides is 1. The van der Waals surface area contributed by atoms with Crippen molar-refractivity contribution in [2.75, 3.05) is 11.4 Å². The van der Waals surface area contributed by atoms with Gasteiger partial charge in [-0.3, -0.25) is 4.40 Å². The number of aliphatic hydroxyl groups excluding tert-OH is 1. The molecule has 34 heavy (non-hydrogen) atoms. The first-order valence-electron chi connectivity index (χ1n) is 10.6.